The molecule has 2 aromatic heterocycles. The van der Waals surface area contributed by atoms with E-state index in [0.717, 1.165) is 22.1 Å². The number of rotatable bonds is 5. The van der Waals surface area contributed by atoms with Gasteiger partial charge < -0.3 is 24.6 Å². The molecule has 1 saturated carbocycles. The molecule has 0 amide bonds. The molecular formula is C18H25N3O4S. The molecule has 1 aliphatic carbocycles. The molecule has 142 valence electrons. The number of nitrogens with zero attached hydrogens (tertiary/aromatic N) is 3. The van der Waals surface area contributed by atoms with Gasteiger partial charge in [0.25, 0.3) is 0 Å². The molecule has 0 bridgehead atoms. The Morgan fingerprint density at radius 1 is 1.15 bits per heavy atom. The summed E-state index contributed by atoms with van der Waals surface area (Å²) in [6.45, 7) is -0.342. The molecule has 4 atom stereocenters. The van der Waals surface area contributed by atoms with Gasteiger partial charge in [0, 0.05) is 11.9 Å². The summed E-state index contributed by atoms with van der Waals surface area (Å²) < 4.78 is 7.34. The average Bonchev–Trinajstić information content (AvgIpc) is 3.23. The van der Waals surface area contributed by atoms with Crippen LogP contribution in [0, 0.1) is 5.92 Å². The van der Waals surface area contributed by atoms with Gasteiger partial charge in [0.2, 0.25) is 0 Å². The van der Waals surface area contributed by atoms with Crippen molar-refractivity contribution in [1.29, 1.82) is 0 Å². The lowest BCUT2D eigenvalue weighted by Crippen LogP contribution is -2.33. The third kappa shape index (κ3) is 3.36. The zero-order chi connectivity index (χ0) is 18.1. The summed E-state index contributed by atoms with van der Waals surface area (Å²) in [5, 5.41) is 31.4. The quantitative estimate of drug-likeness (QED) is 0.537. The molecule has 2 fully saturated rings. The van der Waals surface area contributed by atoms with Crippen LogP contribution in [0.2, 0.25) is 0 Å². The lowest BCUT2D eigenvalue weighted by Gasteiger charge is -2.20. The van der Waals surface area contributed by atoms with Gasteiger partial charge >= 0.3 is 0 Å². The summed E-state index contributed by atoms with van der Waals surface area (Å²) in [6, 6.07) is 1.92. The molecule has 1 saturated heterocycles. The zero-order valence-corrected chi connectivity index (χ0v) is 15.4. The number of aliphatic hydroxyl groups is 3. The molecule has 0 unspecified atom stereocenters. The monoisotopic (exact) mass is 379 g/mol. The van der Waals surface area contributed by atoms with E-state index in [0.29, 0.717) is 5.65 Å². The van der Waals surface area contributed by atoms with Gasteiger partial charge in [-0.15, -0.1) is 11.8 Å². The van der Waals surface area contributed by atoms with Crippen LogP contribution in [0.25, 0.3) is 11.0 Å². The van der Waals surface area contributed by atoms with Crippen molar-refractivity contribution in [3.63, 3.8) is 0 Å². The summed E-state index contributed by atoms with van der Waals surface area (Å²) in [5.41, 5.74) is 0.668. The van der Waals surface area contributed by atoms with E-state index >= 15 is 0 Å². The van der Waals surface area contributed by atoms with E-state index in [1.807, 2.05) is 6.07 Å². The highest BCUT2D eigenvalue weighted by Crippen LogP contribution is 2.35. The second kappa shape index (κ2) is 7.82. The Bertz CT molecular complexity index is 749. The minimum atomic E-state index is -1.12. The van der Waals surface area contributed by atoms with Gasteiger partial charge in [-0.1, -0.05) is 19.3 Å². The van der Waals surface area contributed by atoms with Crippen molar-refractivity contribution in [2.75, 3.05) is 12.4 Å². The van der Waals surface area contributed by atoms with Gasteiger partial charge in [-0.2, -0.15) is 0 Å². The Kier molecular flexibility index (Phi) is 5.47. The molecule has 4 rings (SSSR count). The zero-order valence-electron chi connectivity index (χ0n) is 14.6. The highest BCUT2D eigenvalue weighted by molar-refractivity contribution is 7.99. The van der Waals surface area contributed by atoms with E-state index in [4.69, 9.17) is 4.74 Å². The van der Waals surface area contributed by atoms with Crippen molar-refractivity contribution >= 4 is 22.8 Å². The normalized spacial score (nSPS) is 30.3. The molecule has 0 radical (unpaired) electrons. The molecule has 0 aromatic carbocycles. The molecule has 3 heterocycles. The molecule has 2 aliphatic rings. The smallest absolute Gasteiger partial charge is 0.164 e. The Morgan fingerprint density at radius 2 is 1.96 bits per heavy atom. The van der Waals surface area contributed by atoms with Crippen molar-refractivity contribution in [1.82, 2.24) is 14.5 Å². The first-order valence-electron chi connectivity index (χ1n) is 9.26. The fourth-order valence-corrected chi connectivity index (χ4v) is 5.09. The Balaban J connectivity index is 1.55. The van der Waals surface area contributed by atoms with Gasteiger partial charge in [-0.05, 0) is 24.8 Å². The third-order valence-electron chi connectivity index (χ3n) is 5.44. The van der Waals surface area contributed by atoms with Crippen LogP contribution in [0.1, 0.15) is 38.3 Å². The summed E-state index contributed by atoms with van der Waals surface area (Å²) in [6.07, 6.45) is 6.12. The predicted octanol–water partition coefficient (Wildman–Crippen LogP) is 1.72. The molecule has 7 nitrogen and oxygen atoms in total. The lowest BCUT2D eigenvalue weighted by atomic mass is 9.91. The number of thioether (sulfide) groups is 1. The van der Waals surface area contributed by atoms with Crippen LogP contribution in [0.3, 0.4) is 0 Å². The van der Waals surface area contributed by atoms with Crippen LogP contribution in [0.4, 0.5) is 0 Å². The van der Waals surface area contributed by atoms with Crippen molar-refractivity contribution in [2.24, 2.45) is 5.92 Å². The van der Waals surface area contributed by atoms with Gasteiger partial charge in [-0.25, -0.2) is 9.97 Å². The molecule has 0 spiro atoms. The second-order valence-electron chi connectivity index (χ2n) is 7.18. The second-order valence-corrected chi connectivity index (χ2v) is 8.19. The number of hydrogen-bond donors (Lipinski definition) is 3. The van der Waals surface area contributed by atoms with E-state index in [2.05, 4.69) is 9.97 Å². The van der Waals surface area contributed by atoms with E-state index in [-0.39, 0.29) is 6.61 Å². The van der Waals surface area contributed by atoms with Crippen molar-refractivity contribution < 1.29 is 20.1 Å². The SMILES string of the molecule is OC[C@H]1O[C@@H](n2ccc3c(SCC4CCCCC4)ncnc32)[C@H](O)[C@@H]1O. The minimum Gasteiger partial charge on any atom is -0.394 e. The number of ether oxygens (including phenoxy) is 1. The van der Waals surface area contributed by atoms with E-state index in [1.54, 1.807) is 22.5 Å². The van der Waals surface area contributed by atoms with E-state index in [1.165, 1.54) is 38.4 Å². The van der Waals surface area contributed by atoms with Crippen LogP contribution < -0.4 is 0 Å². The van der Waals surface area contributed by atoms with Crippen LogP contribution in [-0.4, -0.2) is 60.5 Å². The van der Waals surface area contributed by atoms with Crippen LogP contribution >= 0.6 is 11.8 Å². The summed E-state index contributed by atoms with van der Waals surface area (Å²) in [4.78, 5) is 8.80. The Morgan fingerprint density at radius 3 is 2.69 bits per heavy atom. The maximum Gasteiger partial charge on any atom is 0.164 e. The summed E-state index contributed by atoms with van der Waals surface area (Å²) in [5.74, 6) is 1.81. The van der Waals surface area contributed by atoms with E-state index in [9.17, 15) is 15.3 Å². The fourth-order valence-electron chi connectivity index (χ4n) is 3.93. The first kappa shape index (κ1) is 18.2. The topological polar surface area (TPSA) is 101 Å². The number of fused-ring (bicyclic) bond motifs is 1. The van der Waals surface area contributed by atoms with E-state index < -0.39 is 24.5 Å². The van der Waals surface area contributed by atoms with Crippen molar-refractivity contribution in [3.8, 4) is 0 Å². The lowest BCUT2D eigenvalue weighted by molar-refractivity contribution is -0.0508. The molecule has 26 heavy (non-hydrogen) atoms. The summed E-state index contributed by atoms with van der Waals surface area (Å²) in [7, 11) is 0. The fraction of sp³-hybridized carbons (Fsp3) is 0.667. The molecule has 8 heteroatoms. The largest absolute Gasteiger partial charge is 0.394 e. The third-order valence-corrected chi connectivity index (χ3v) is 6.68. The molecule has 2 aromatic rings. The minimum absolute atomic E-state index is 0.342. The van der Waals surface area contributed by atoms with Gasteiger partial charge in [0.15, 0.2) is 6.23 Å². The first-order valence-corrected chi connectivity index (χ1v) is 10.2. The van der Waals surface area contributed by atoms with Gasteiger partial charge in [0.1, 0.15) is 35.3 Å². The molecule has 1 aliphatic heterocycles. The number of aromatic nitrogens is 3. The predicted molar refractivity (Wildman–Crippen MR) is 97.8 cm³/mol. The summed E-state index contributed by atoms with van der Waals surface area (Å²) >= 11 is 1.76. The van der Waals surface area contributed by atoms with Crippen molar-refractivity contribution in [3.05, 3.63) is 18.6 Å². The van der Waals surface area contributed by atoms with Gasteiger partial charge in [-0.3, -0.25) is 0 Å². The van der Waals surface area contributed by atoms with Crippen molar-refractivity contribution in [2.45, 2.75) is 61.7 Å². The Hall–Kier alpha value is -1.19. The Labute approximate surface area is 156 Å². The standard InChI is InChI=1S/C18H25N3O4S/c22-8-13-14(23)15(24)18(25-13)21-7-6-12-16(21)19-10-20-17(12)26-9-11-4-2-1-3-5-11/h6-7,10-11,13-15,18,22-24H,1-5,8-9H2/t13-,14-,15-,18-/m1/s1. The highest BCUT2D eigenvalue weighted by atomic mass is 32.2. The van der Waals surface area contributed by atoms with Gasteiger partial charge in [0.05, 0.1) is 12.0 Å². The van der Waals surface area contributed by atoms with Crippen LogP contribution in [0.5, 0.6) is 0 Å². The highest BCUT2D eigenvalue weighted by Gasteiger charge is 2.43. The maximum atomic E-state index is 10.3. The number of aliphatic hydroxyl groups excluding tert-OH is 3. The average molecular weight is 379 g/mol. The maximum absolute atomic E-state index is 10.3. The molecule has 3 N–H and O–H groups in total. The van der Waals surface area contributed by atoms with Crippen LogP contribution in [0.15, 0.2) is 23.6 Å². The number of hydrogen-bond acceptors (Lipinski definition) is 7. The molecular weight excluding hydrogens is 354 g/mol. The van der Waals surface area contributed by atoms with Crippen LogP contribution in [-0.2, 0) is 4.74 Å². The first-order chi connectivity index (χ1) is 12.7.